The summed E-state index contributed by atoms with van der Waals surface area (Å²) in [5.41, 5.74) is 0.898. The zero-order chi connectivity index (χ0) is 14.8. The summed E-state index contributed by atoms with van der Waals surface area (Å²) in [7, 11) is 0. The number of benzene rings is 1. The van der Waals surface area contributed by atoms with Gasteiger partial charge in [-0.3, -0.25) is 4.79 Å². The highest BCUT2D eigenvalue weighted by atomic mass is 35.5. The van der Waals surface area contributed by atoms with Crippen molar-refractivity contribution < 1.29 is 14.6 Å². The molecule has 1 fully saturated rings. The minimum absolute atomic E-state index is 0.406. The number of ether oxygens (including phenoxy) is 1. The Morgan fingerprint density at radius 1 is 1.45 bits per heavy atom. The van der Waals surface area contributed by atoms with Crippen LogP contribution in [0.3, 0.4) is 0 Å². The number of halogens is 1. The van der Waals surface area contributed by atoms with Crippen LogP contribution < -0.4 is 4.74 Å². The number of carbonyl (C=O) groups is 1. The van der Waals surface area contributed by atoms with Crippen molar-refractivity contribution in [3.8, 4) is 5.75 Å². The van der Waals surface area contributed by atoms with E-state index in [2.05, 4.69) is 6.58 Å². The highest BCUT2D eigenvalue weighted by Crippen LogP contribution is 2.43. The molecule has 0 radical (unpaired) electrons. The van der Waals surface area contributed by atoms with Gasteiger partial charge in [-0.05, 0) is 43.0 Å². The molecule has 0 unspecified atom stereocenters. The molecule has 2 rings (SSSR count). The number of hydrogen-bond acceptors (Lipinski definition) is 2. The summed E-state index contributed by atoms with van der Waals surface area (Å²) in [6, 6.07) is 5.30. The van der Waals surface area contributed by atoms with Crippen LogP contribution in [0.2, 0.25) is 5.02 Å². The van der Waals surface area contributed by atoms with E-state index in [1.807, 2.05) is 13.0 Å². The van der Waals surface area contributed by atoms with E-state index in [4.69, 9.17) is 16.3 Å². The van der Waals surface area contributed by atoms with Crippen LogP contribution >= 0.6 is 11.6 Å². The summed E-state index contributed by atoms with van der Waals surface area (Å²) in [5.74, 6) is -0.196. The Morgan fingerprint density at radius 3 is 2.60 bits per heavy atom. The monoisotopic (exact) mass is 294 g/mol. The van der Waals surface area contributed by atoms with E-state index in [1.165, 1.54) is 0 Å². The summed E-state index contributed by atoms with van der Waals surface area (Å²) < 4.78 is 5.53. The van der Waals surface area contributed by atoms with Crippen molar-refractivity contribution in [2.24, 2.45) is 0 Å². The number of carboxylic acids is 1. The Balaban J connectivity index is 2.28. The molecule has 3 nitrogen and oxygen atoms in total. The Morgan fingerprint density at radius 2 is 2.10 bits per heavy atom. The zero-order valence-corrected chi connectivity index (χ0v) is 12.4. The van der Waals surface area contributed by atoms with Crippen LogP contribution in [0.5, 0.6) is 5.75 Å². The molecule has 0 atom stereocenters. The quantitative estimate of drug-likeness (QED) is 0.828. The lowest BCUT2D eigenvalue weighted by Crippen LogP contribution is -2.32. The largest absolute Gasteiger partial charge is 0.488 e. The second kappa shape index (κ2) is 5.88. The fraction of sp³-hybridized carbons (Fsp3) is 0.438. The van der Waals surface area contributed by atoms with Crippen molar-refractivity contribution in [3.05, 3.63) is 40.9 Å². The molecule has 0 heterocycles. The van der Waals surface area contributed by atoms with Gasteiger partial charge >= 0.3 is 5.97 Å². The lowest BCUT2D eigenvalue weighted by Gasteiger charge is -2.25. The van der Waals surface area contributed by atoms with Crippen molar-refractivity contribution in [2.45, 2.75) is 38.0 Å². The lowest BCUT2D eigenvalue weighted by atomic mass is 9.79. The highest BCUT2D eigenvalue weighted by Gasteiger charge is 2.43. The first-order chi connectivity index (χ1) is 9.45. The van der Waals surface area contributed by atoms with Gasteiger partial charge in [-0.25, -0.2) is 0 Å². The van der Waals surface area contributed by atoms with Crippen LogP contribution in [-0.2, 0) is 10.2 Å². The highest BCUT2D eigenvalue weighted by molar-refractivity contribution is 6.32. The van der Waals surface area contributed by atoms with Gasteiger partial charge in [0.05, 0.1) is 10.4 Å². The summed E-state index contributed by atoms with van der Waals surface area (Å²) in [6.07, 6.45) is 3.23. The second-order valence-electron chi connectivity index (χ2n) is 5.49. The molecule has 0 saturated heterocycles. The standard InChI is InChI=1S/C16H19ClO3/c1-11(2)10-20-14-6-5-12(9-13(14)17)16(15(18)19)7-3-4-8-16/h5-6,9H,1,3-4,7-8,10H2,2H3,(H,18,19). The summed E-state index contributed by atoms with van der Waals surface area (Å²) in [5, 5.41) is 10.0. The van der Waals surface area contributed by atoms with Crippen LogP contribution in [0, 0.1) is 0 Å². The fourth-order valence-electron chi connectivity index (χ4n) is 2.72. The maximum atomic E-state index is 11.6. The summed E-state index contributed by atoms with van der Waals surface area (Å²) in [6.45, 7) is 6.05. The molecule has 0 amide bonds. The molecule has 1 N–H and O–H groups in total. The van der Waals surface area contributed by atoms with Crippen LogP contribution in [0.25, 0.3) is 0 Å². The molecule has 4 heteroatoms. The number of carboxylic acid groups (broad SMARTS) is 1. The predicted molar refractivity (Wildman–Crippen MR) is 79.5 cm³/mol. The second-order valence-corrected chi connectivity index (χ2v) is 5.89. The lowest BCUT2D eigenvalue weighted by molar-refractivity contribution is -0.143. The van der Waals surface area contributed by atoms with Crippen LogP contribution in [0.4, 0.5) is 0 Å². The first-order valence-corrected chi connectivity index (χ1v) is 7.14. The van der Waals surface area contributed by atoms with Crippen LogP contribution in [-0.4, -0.2) is 17.7 Å². The molecule has 0 spiro atoms. The molecule has 20 heavy (non-hydrogen) atoms. The van der Waals surface area contributed by atoms with Gasteiger partial charge in [0, 0.05) is 0 Å². The number of aliphatic carboxylic acids is 1. The van der Waals surface area contributed by atoms with E-state index >= 15 is 0 Å². The first kappa shape index (κ1) is 14.9. The van der Waals surface area contributed by atoms with Gasteiger partial charge < -0.3 is 9.84 Å². The normalized spacial score (nSPS) is 16.9. The Labute approximate surface area is 124 Å². The summed E-state index contributed by atoms with van der Waals surface area (Å²) in [4.78, 5) is 11.6. The van der Waals surface area contributed by atoms with Gasteiger partial charge in [-0.1, -0.05) is 37.1 Å². The van der Waals surface area contributed by atoms with Gasteiger partial charge in [-0.2, -0.15) is 0 Å². The zero-order valence-electron chi connectivity index (χ0n) is 11.6. The molecule has 0 bridgehead atoms. The van der Waals surface area contributed by atoms with Crippen molar-refractivity contribution in [1.82, 2.24) is 0 Å². The molecule has 0 aromatic heterocycles. The van der Waals surface area contributed by atoms with Crippen LogP contribution in [0.1, 0.15) is 38.2 Å². The number of hydrogen-bond donors (Lipinski definition) is 1. The maximum Gasteiger partial charge on any atom is 0.314 e. The molecule has 108 valence electrons. The average Bonchev–Trinajstić information content (AvgIpc) is 2.87. The molecule has 1 aromatic rings. The molecular weight excluding hydrogens is 276 g/mol. The molecule has 1 aliphatic carbocycles. The van der Waals surface area contributed by atoms with E-state index in [0.29, 0.717) is 30.2 Å². The van der Waals surface area contributed by atoms with Gasteiger partial charge in [0.15, 0.2) is 0 Å². The van der Waals surface area contributed by atoms with E-state index in [-0.39, 0.29) is 0 Å². The number of rotatable bonds is 5. The topological polar surface area (TPSA) is 46.5 Å². The molecular formula is C16H19ClO3. The van der Waals surface area contributed by atoms with Crippen molar-refractivity contribution >= 4 is 17.6 Å². The minimum Gasteiger partial charge on any atom is -0.488 e. The molecule has 1 aromatic carbocycles. The van der Waals surface area contributed by atoms with E-state index in [1.54, 1.807) is 12.1 Å². The van der Waals surface area contributed by atoms with E-state index in [9.17, 15) is 9.90 Å². The van der Waals surface area contributed by atoms with Gasteiger partial charge in [0.25, 0.3) is 0 Å². The van der Waals surface area contributed by atoms with E-state index < -0.39 is 11.4 Å². The molecule has 1 saturated carbocycles. The Kier molecular flexibility index (Phi) is 4.39. The van der Waals surface area contributed by atoms with Crippen molar-refractivity contribution in [2.75, 3.05) is 6.61 Å². The van der Waals surface area contributed by atoms with Crippen molar-refractivity contribution in [3.63, 3.8) is 0 Å². The Hall–Kier alpha value is -1.48. The van der Waals surface area contributed by atoms with Gasteiger partial charge in [-0.15, -0.1) is 0 Å². The summed E-state index contributed by atoms with van der Waals surface area (Å²) >= 11 is 6.21. The average molecular weight is 295 g/mol. The third-order valence-electron chi connectivity index (χ3n) is 3.83. The van der Waals surface area contributed by atoms with Gasteiger partial charge in [0.2, 0.25) is 0 Å². The molecule has 0 aliphatic heterocycles. The predicted octanol–water partition coefficient (Wildman–Crippen LogP) is 4.19. The third kappa shape index (κ3) is 2.83. The minimum atomic E-state index is -0.781. The van der Waals surface area contributed by atoms with E-state index in [0.717, 1.165) is 24.0 Å². The smallest absolute Gasteiger partial charge is 0.314 e. The SMILES string of the molecule is C=C(C)COc1ccc(C2(C(=O)O)CCCC2)cc1Cl. The first-order valence-electron chi connectivity index (χ1n) is 6.76. The fourth-order valence-corrected chi connectivity index (χ4v) is 2.96. The van der Waals surface area contributed by atoms with Crippen LogP contribution in [0.15, 0.2) is 30.4 Å². The molecule has 1 aliphatic rings. The Bertz CT molecular complexity index is 531. The van der Waals surface area contributed by atoms with Crippen molar-refractivity contribution in [1.29, 1.82) is 0 Å². The van der Waals surface area contributed by atoms with Gasteiger partial charge in [0.1, 0.15) is 12.4 Å². The third-order valence-corrected chi connectivity index (χ3v) is 4.12. The maximum absolute atomic E-state index is 11.6.